The molecule has 1 aliphatic heterocycles. The molecule has 1 unspecified atom stereocenters. The summed E-state index contributed by atoms with van der Waals surface area (Å²) in [6.45, 7) is 0.378. The van der Waals surface area contributed by atoms with Gasteiger partial charge in [-0.15, -0.1) is 11.3 Å². The fourth-order valence-corrected chi connectivity index (χ4v) is 2.75. The molecule has 19 heavy (non-hydrogen) atoms. The third-order valence-electron chi connectivity index (χ3n) is 2.95. The monoisotopic (exact) mass is 279 g/mol. The number of thiophene rings is 1. The van der Waals surface area contributed by atoms with Crippen LogP contribution in [0.1, 0.15) is 27.4 Å². The first kappa shape index (κ1) is 13.5. The number of hydrogen-bond donors (Lipinski definition) is 1. The Morgan fingerprint density at radius 1 is 1.53 bits per heavy atom. The second-order valence-electron chi connectivity index (χ2n) is 4.20. The van der Waals surface area contributed by atoms with Gasteiger partial charge in [0.2, 0.25) is 5.91 Å². The maximum absolute atomic E-state index is 11.5. The van der Waals surface area contributed by atoms with Gasteiger partial charge in [0, 0.05) is 17.8 Å². The minimum atomic E-state index is -0.944. The van der Waals surface area contributed by atoms with Crippen LogP contribution in [-0.2, 0) is 9.59 Å². The van der Waals surface area contributed by atoms with Crippen molar-refractivity contribution in [1.29, 1.82) is 0 Å². The van der Waals surface area contributed by atoms with Crippen molar-refractivity contribution in [3.63, 3.8) is 0 Å². The lowest BCUT2D eigenvalue weighted by Gasteiger charge is -2.18. The van der Waals surface area contributed by atoms with Gasteiger partial charge in [0.1, 0.15) is 11.2 Å². The number of rotatable bonds is 5. The van der Waals surface area contributed by atoms with Gasteiger partial charge in [-0.05, 0) is 24.6 Å². The molecule has 2 heterocycles. The van der Waals surface area contributed by atoms with E-state index in [4.69, 9.17) is 5.11 Å². The third kappa shape index (κ3) is 3.08. The first-order valence-corrected chi connectivity index (χ1v) is 6.68. The molecule has 0 aliphatic carbocycles. The first-order chi connectivity index (χ1) is 9.11. The molecule has 0 spiro atoms. The molecule has 0 radical (unpaired) electrons. The topological polar surface area (TPSA) is 74.7 Å². The molecule has 1 aromatic heterocycles. The van der Waals surface area contributed by atoms with Crippen molar-refractivity contribution in [1.82, 2.24) is 4.90 Å². The van der Waals surface area contributed by atoms with Gasteiger partial charge >= 0.3 is 5.97 Å². The summed E-state index contributed by atoms with van der Waals surface area (Å²) in [7, 11) is 0. The van der Waals surface area contributed by atoms with Crippen LogP contribution in [0.4, 0.5) is 0 Å². The lowest BCUT2D eigenvalue weighted by Crippen LogP contribution is -2.33. The molecule has 1 aliphatic rings. The molecule has 1 saturated heterocycles. The molecule has 1 amide bonds. The van der Waals surface area contributed by atoms with Crippen molar-refractivity contribution >= 4 is 35.6 Å². The zero-order valence-corrected chi connectivity index (χ0v) is 10.9. The average Bonchev–Trinajstić information content (AvgIpc) is 2.98. The van der Waals surface area contributed by atoms with Crippen molar-refractivity contribution in [2.24, 2.45) is 0 Å². The predicted molar refractivity (Wildman–Crippen MR) is 71.1 cm³/mol. The van der Waals surface area contributed by atoms with E-state index in [0.29, 0.717) is 19.4 Å². The van der Waals surface area contributed by atoms with E-state index in [0.717, 1.165) is 11.2 Å². The SMILES string of the molecule is O=CC1CCC(=O)N1CC=Cc1ccc(C(=O)O)s1. The minimum Gasteiger partial charge on any atom is -0.477 e. The Morgan fingerprint density at radius 2 is 2.32 bits per heavy atom. The molecule has 1 atom stereocenters. The van der Waals surface area contributed by atoms with Crippen LogP contribution in [0.25, 0.3) is 6.08 Å². The normalized spacial score (nSPS) is 19.3. The largest absolute Gasteiger partial charge is 0.477 e. The number of aromatic carboxylic acids is 1. The number of hydrogen-bond acceptors (Lipinski definition) is 4. The van der Waals surface area contributed by atoms with E-state index in [1.165, 1.54) is 16.2 Å². The van der Waals surface area contributed by atoms with Gasteiger partial charge < -0.3 is 14.8 Å². The number of carbonyl (C=O) groups is 3. The quantitative estimate of drug-likeness (QED) is 0.832. The molecular formula is C13H13NO4S. The number of likely N-dealkylation sites (tertiary alicyclic amines) is 1. The first-order valence-electron chi connectivity index (χ1n) is 5.86. The summed E-state index contributed by atoms with van der Waals surface area (Å²) in [4.78, 5) is 35.7. The van der Waals surface area contributed by atoms with Crippen molar-refractivity contribution in [2.75, 3.05) is 6.54 Å². The number of carboxylic acid groups (broad SMARTS) is 1. The van der Waals surface area contributed by atoms with E-state index in [-0.39, 0.29) is 16.8 Å². The second kappa shape index (κ2) is 5.79. The molecule has 0 aromatic carbocycles. The number of amides is 1. The standard InChI is InChI=1S/C13H13NO4S/c15-8-9-3-6-12(16)14(9)7-1-2-10-4-5-11(19-10)13(17)18/h1-2,4-5,8-9H,3,6-7H2,(H,17,18). The molecule has 100 valence electrons. The lowest BCUT2D eigenvalue weighted by atomic mass is 10.2. The van der Waals surface area contributed by atoms with Crippen LogP contribution >= 0.6 is 11.3 Å². The van der Waals surface area contributed by atoms with Crippen LogP contribution in [0.2, 0.25) is 0 Å². The summed E-state index contributed by atoms with van der Waals surface area (Å²) in [5.41, 5.74) is 0. The Balaban J connectivity index is 1.97. The average molecular weight is 279 g/mol. The highest BCUT2D eigenvalue weighted by Gasteiger charge is 2.29. The Hall–Kier alpha value is -1.95. The molecule has 6 heteroatoms. The fourth-order valence-electron chi connectivity index (χ4n) is 1.97. The van der Waals surface area contributed by atoms with Crippen LogP contribution in [0.5, 0.6) is 0 Å². The molecule has 1 fully saturated rings. The molecule has 2 rings (SSSR count). The van der Waals surface area contributed by atoms with Gasteiger partial charge in [-0.2, -0.15) is 0 Å². The number of nitrogens with zero attached hydrogens (tertiary/aromatic N) is 1. The number of aldehydes is 1. The van der Waals surface area contributed by atoms with Crippen LogP contribution in [-0.4, -0.2) is 40.8 Å². The number of carbonyl (C=O) groups excluding carboxylic acids is 2. The molecule has 1 N–H and O–H groups in total. The van der Waals surface area contributed by atoms with Crippen molar-refractivity contribution in [2.45, 2.75) is 18.9 Å². The highest BCUT2D eigenvalue weighted by atomic mass is 32.1. The van der Waals surface area contributed by atoms with Gasteiger partial charge in [-0.25, -0.2) is 4.79 Å². The van der Waals surface area contributed by atoms with Crippen molar-refractivity contribution in [3.8, 4) is 0 Å². The van der Waals surface area contributed by atoms with Gasteiger partial charge in [-0.1, -0.05) is 6.08 Å². The van der Waals surface area contributed by atoms with Gasteiger partial charge in [-0.3, -0.25) is 4.79 Å². The Labute approximate surface area is 114 Å². The molecule has 0 saturated carbocycles. The highest BCUT2D eigenvalue weighted by molar-refractivity contribution is 7.14. The molecule has 5 nitrogen and oxygen atoms in total. The van der Waals surface area contributed by atoms with Crippen LogP contribution in [0, 0.1) is 0 Å². The minimum absolute atomic E-state index is 0.0147. The zero-order chi connectivity index (χ0) is 13.8. The van der Waals surface area contributed by atoms with E-state index < -0.39 is 5.97 Å². The van der Waals surface area contributed by atoms with Crippen LogP contribution < -0.4 is 0 Å². The van der Waals surface area contributed by atoms with Gasteiger partial charge in [0.25, 0.3) is 0 Å². The van der Waals surface area contributed by atoms with E-state index in [1.807, 2.05) is 0 Å². The maximum atomic E-state index is 11.5. The maximum Gasteiger partial charge on any atom is 0.345 e. The predicted octanol–water partition coefficient (Wildman–Crippen LogP) is 1.65. The number of carboxylic acids is 1. The van der Waals surface area contributed by atoms with E-state index >= 15 is 0 Å². The van der Waals surface area contributed by atoms with E-state index in [1.54, 1.807) is 24.3 Å². The summed E-state index contributed by atoms with van der Waals surface area (Å²) < 4.78 is 0. The lowest BCUT2D eigenvalue weighted by molar-refractivity contribution is -0.130. The van der Waals surface area contributed by atoms with E-state index in [9.17, 15) is 14.4 Å². The van der Waals surface area contributed by atoms with Crippen LogP contribution in [0.15, 0.2) is 18.2 Å². The Kier molecular flexibility index (Phi) is 4.11. The summed E-state index contributed by atoms with van der Waals surface area (Å²) in [6.07, 6.45) is 5.34. The van der Waals surface area contributed by atoms with Crippen LogP contribution in [0.3, 0.4) is 0 Å². The smallest absolute Gasteiger partial charge is 0.345 e. The van der Waals surface area contributed by atoms with Gasteiger partial charge in [0.15, 0.2) is 0 Å². The Morgan fingerprint density at radius 3 is 2.95 bits per heavy atom. The summed E-state index contributed by atoms with van der Waals surface area (Å²) >= 11 is 1.17. The second-order valence-corrected chi connectivity index (χ2v) is 5.31. The van der Waals surface area contributed by atoms with Crippen molar-refractivity contribution < 1.29 is 19.5 Å². The molecule has 0 bridgehead atoms. The van der Waals surface area contributed by atoms with Crippen molar-refractivity contribution in [3.05, 3.63) is 28.0 Å². The highest BCUT2D eigenvalue weighted by Crippen LogP contribution is 2.19. The fraction of sp³-hybridized carbons (Fsp3) is 0.308. The summed E-state index contributed by atoms with van der Waals surface area (Å²) in [6, 6.07) is 2.94. The summed E-state index contributed by atoms with van der Waals surface area (Å²) in [5.74, 6) is -0.959. The van der Waals surface area contributed by atoms with Gasteiger partial charge in [0.05, 0.1) is 6.04 Å². The Bertz CT molecular complexity index is 535. The molecule has 1 aromatic rings. The third-order valence-corrected chi connectivity index (χ3v) is 3.99. The zero-order valence-electron chi connectivity index (χ0n) is 10.1. The van der Waals surface area contributed by atoms with E-state index in [2.05, 4.69) is 0 Å². The summed E-state index contributed by atoms with van der Waals surface area (Å²) in [5, 5.41) is 8.79. The molecular weight excluding hydrogens is 266 g/mol.